The smallest absolute Gasteiger partial charge is 0.227 e. The summed E-state index contributed by atoms with van der Waals surface area (Å²) >= 11 is 0. The fourth-order valence-corrected chi connectivity index (χ4v) is 1.20. The third-order valence-electron chi connectivity index (χ3n) is 1.94. The fourth-order valence-electron chi connectivity index (χ4n) is 1.20. The lowest BCUT2D eigenvalue weighted by Crippen LogP contribution is -2.33. The summed E-state index contributed by atoms with van der Waals surface area (Å²) in [5.74, 6) is -0.572. The van der Waals surface area contributed by atoms with Crippen molar-refractivity contribution in [1.82, 2.24) is 10.6 Å². The van der Waals surface area contributed by atoms with E-state index < -0.39 is 0 Å². The molecule has 2 aliphatic heterocycles. The number of amides is 4. The Balaban J connectivity index is 0.000000151. The molecule has 2 N–H and O–H groups in total. The monoisotopic (exact) mass is 212 g/mol. The van der Waals surface area contributed by atoms with Crippen LogP contribution in [0.25, 0.3) is 0 Å². The maximum atomic E-state index is 10.3. The Bertz CT molecular complexity index is 283. The second-order valence-electron chi connectivity index (χ2n) is 3.30. The maximum absolute atomic E-state index is 10.3. The van der Waals surface area contributed by atoms with E-state index in [1.54, 1.807) is 0 Å². The van der Waals surface area contributed by atoms with Gasteiger partial charge in [0.25, 0.3) is 0 Å². The molecule has 0 saturated carbocycles. The number of piperidine rings is 1. The molecule has 6 nitrogen and oxygen atoms in total. The molecule has 0 unspecified atom stereocenters. The molecule has 0 spiro atoms. The van der Waals surface area contributed by atoms with Gasteiger partial charge in [-0.05, 0) is 6.42 Å². The summed E-state index contributed by atoms with van der Waals surface area (Å²) < 4.78 is 0. The van der Waals surface area contributed by atoms with Crippen molar-refractivity contribution < 1.29 is 19.2 Å². The number of carbonyl (C=O) groups is 4. The summed E-state index contributed by atoms with van der Waals surface area (Å²) in [6.07, 6.45) is 2.47. The van der Waals surface area contributed by atoms with Crippen molar-refractivity contribution in [3.8, 4) is 0 Å². The first-order valence-corrected chi connectivity index (χ1v) is 4.73. The zero-order valence-corrected chi connectivity index (χ0v) is 8.17. The topological polar surface area (TPSA) is 92.3 Å². The lowest BCUT2D eigenvalue weighted by molar-refractivity contribution is -0.133. The highest BCUT2D eigenvalue weighted by atomic mass is 16.2. The highest BCUT2D eigenvalue weighted by Crippen LogP contribution is 2.00. The molecular formula is C9H12N2O4. The van der Waals surface area contributed by atoms with E-state index in [1.165, 1.54) is 0 Å². The van der Waals surface area contributed by atoms with Gasteiger partial charge in [-0.3, -0.25) is 29.8 Å². The minimum Gasteiger partial charge on any atom is -0.296 e. The van der Waals surface area contributed by atoms with Crippen molar-refractivity contribution in [3.05, 3.63) is 0 Å². The van der Waals surface area contributed by atoms with Gasteiger partial charge in [0, 0.05) is 25.7 Å². The van der Waals surface area contributed by atoms with E-state index in [9.17, 15) is 19.2 Å². The van der Waals surface area contributed by atoms with Crippen molar-refractivity contribution in [2.75, 3.05) is 0 Å². The molecule has 6 heteroatoms. The van der Waals surface area contributed by atoms with Gasteiger partial charge in [-0.2, -0.15) is 0 Å². The predicted octanol–water partition coefficient (Wildman–Crippen LogP) is -0.764. The van der Waals surface area contributed by atoms with Gasteiger partial charge in [-0.1, -0.05) is 0 Å². The lowest BCUT2D eigenvalue weighted by atomic mass is 10.1. The van der Waals surface area contributed by atoms with Gasteiger partial charge < -0.3 is 0 Å². The highest BCUT2D eigenvalue weighted by Gasteiger charge is 2.15. The Morgan fingerprint density at radius 2 is 0.933 bits per heavy atom. The molecular weight excluding hydrogens is 200 g/mol. The molecule has 0 bridgehead atoms. The number of nitrogens with one attached hydrogen (secondary N) is 2. The van der Waals surface area contributed by atoms with Crippen molar-refractivity contribution in [3.63, 3.8) is 0 Å². The van der Waals surface area contributed by atoms with Crippen molar-refractivity contribution in [2.45, 2.75) is 32.1 Å². The van der Waals surface area contributed by atoms with E-state index >= 15 is 0 Å². The minimum absolute atomic E-state index is 0.138. The van der Waals surface area contributed by atoms with E-state index in [-0.39, 0.29) is 23.6 Å². The second kappa shape index (κ2) is 5.23. The van der Waals surface area contributed by atoms with Crippen LogP contribution in [-0.2, 0) is 19.2 Å². The largest absolute Gasteiger partial charge is 0.296 e. The predicted molar refractivity (Wildman–Crippen MR) is 49.4 cm³/mol. The maximum Gasteiger partial charge on any atom is 0.227 e. The van der Waals surface area contributed by atoms with E-state index in [1.807, 2.05) is 0 Å². The molecule has 0 aliphatic carbocycles. The van der Waals surface area contributed by atoms with Crippen LogP contribution in [0.2, 0.25) is 0 Å². The Morgan fingerprint density at radius 3 is 1.13 bits per heavy atom. The summed E-state index contributed by atoms with van der Waals surface area (Å²) in [7, 11) is 0. The standard InChI is InChI=1S/C5H7NO2.C4H5NO2/c7-4-2-1-3-5(8)6-4;6-3-1-2-4(7)5-3/h1-3H2,(H,6,7,8);1-2H2,(H,5,6,7). The number of hydrogen-bond donors (Lipinski definition) is 2. The Kier molecular flexibility index (Phi) is 3.96. The van der Waals surface area contributed by atoms with Crippen LogP contribution in [0.3, 0.4) is 0 Å². The summed E-state index contributed by atoms with van der Waals surface area (Å²) in [5.41, 5.74) is 0. The Hall–Kier alpha value is -1.72. The van der Waals surface area contributed by atoms with Crippen molar-refractivity contribution in [2.24, 2.45) is 0 Å². The summed E-state index contributed by atoms with van der Waals surface area (Å²) in [4.78, 5) is 40.9. The zero-order chi connectivity index (χ0) is 11.3. The second-order valence-corrected chi connectivity index (χ2v) is 3.30. The number of hydrogen-bond acceptors (Lipinski definition) is 4. The van der Waals surface area contributed by atoms with E-state index in [2.05, 4.69) is 10.6 Å². The molecule has 0 atom stereocenters. The Labute approximate surface area is 86.4 Å². The molecule has 2 heterocycles. The van der Waals surface area contributed by atoms with Crippen LogP contribution >= 0.6 is 0 Å². The number of rotatable bonds is 0. The zero-order valence-electron chi connectivity index (χ0n) is 8.17. The number of carbonyl (C=O) groups excluding carboxylic acids is 4. The molecule has 82 valence electrons. The van der Waals surface area contributed by atoms with Crippen molar-refractivity contribution in [1.29, 1.82) is 0 Å². The average molecular weight is 212 g/mol. The minimum atomic E-state index is -0.148. The Morgan fingerprint density at radius 1 is 0.600 bits per heavy atom. The van der Waals surface area contributed by atoms with E-state index in [0.29, 0.717) is 32.1 Å². The molecule has 15 heavy (non-hydrogen) atoms. The summed E-state index contributed by atoms with van der Waals surface area (Å²) in [6.45, 7) is 0. The summed E-state index contributed by atoms with van der Waals surface area (Å²) in [5, 5.41) is 4.34. The first-order chi connectivity index (χ1) is 7.08. The van der Waals surface area contributed by atoms with Gasteiger partial charge in [0.15, 0.2) is 0 Å². The van der Waals surface area contributed by atoms with Crippen LogP contribution in [0.1, 0.15) is 32.1 Å². The number of imide groups is 2. The molecule has 2 saturated heterocycles. The lowest BCUT2D eigenvalue weighted by Gasteiger charge is -2.07. The third kappa shape index (κ3) is 4.35. The van der Waals surface area contributed by atoms with Crippen LogP contribution in [0.5, 0.6) is 0 Å². The average Bonchev–Trinajstić information content (AvgIpc) is 2.50. The molecule has 2 rings (SSSR count). The highest BCUT2D eigenvalue weighted by molar-refractivity contribution is 6.01. The molecule has 0 radical (unpaired) electrons. The van der Waals surface area contributed by atoms with Gasteiger partial charge in [-0.25, -0.2) is 0 Å². The van der Waals surface area contributed by atoms with E-state index in [4.69, 9.17) is 0 Å². The van der Waals surface area contributed by atoms with Gasteiger partial charge in [-0.15, -0.1) is 0 Å². The van der Waals surface area contributed by atoms with Crippen LogP contribution in [0, 0.1) is 0 Å². The molecule has 2 fully saturated rings. The van der Waals surface area contributed by atoms with E-state index in [0.717, 1.165) is 0 Å². The normalized spacial score (nSPS) is 20.3. The van der Waals surface area contributed by atoms with Gasteiger partial charge in [0.2, 0.25) is 23.6 Å². The third-order valence-corrected chi connectivity index (χ3v) is 1.94. The van der Waals surface area contributed by atoms with Gasteiger partial charge in [0.1, 0.15) is 0 Å². The SMILES string of the molecule is O=C1CCC(=O)N1.O=C1CCCC(=O)N1. The van der Waals surface area contributed by atoms with Gasteiger partial charge in [0.05, 0.1) is 0 Å². The van der Waals surface area contributed by atoms with Crippen LogP contribution in [-0.4, -0.2) is 23.6 Å². The van der Waals surface area contributed by atoms with Crippen LogP contribution in [0.15, 0.2) is 0 Å². The first-order valence-electron chi connectivity index (χ1n) is 4.73. The summed E-state index contributed by atoms with van der Waals surface area (Å²) in [6, 6.07) is 0. The fraction of sp³-hybridized carbons (Fsp3) is 0.556. The van der Waals surface area contributed by atoms with Crippen LogP contribution in [0.4, 0.5) is 0 Å². The first kappa shape index (κ1) is 11.4. The molecule has 2 aliphatic rings. The van der Waals surface area contributed by atoms with Gasteiger partial charge >= 0.3 is 0 Å². The molecule has 0 aromatic carbocycles. The van der Waals surface area contributed by atoms with Crippen LogP contribution < -0.4 is 10.6 Å². The quantitative estimate of drug-likeness (QED) is 0.516. The molecule has 0 aromatic rings. The molecule has 0 aromatic heterocycles. The van der Waals surface area contributed by atoms with Crippen molar-refractivity contribution >= 4 is 23.6 Å². The molecule has 4 amide bonds.